The molecule has 2 fully saturated rings. The highest BCUT2D eigenvalue weighted by atomic mass is 16.5. The lowest BCUT2D eigenvalue weighted by molar-refractivity contribution is -0.123. The number of amides is 2. The summed E-state index contributed by atoms with van der Waals surface area (Å²) in [7, 11) is 1.86. The number of nitrogens with one attached hydrogen (secondary N) is 2. The summed E-state index contributed by atoms with van der Waals surface area (Å²) in [4.78, 5) is 28.6. The Morgan fingerprint density at radius 1 is 1.48 bits per heavy atom. The van der Waals surface area contributed by atoms with Crippen molar-refractivity contribution in [2.45, 2.75) is 38.4 Å². The SMILES string of the molecule is Cn1cncc1[C@@H]1NC(=O)CC[C@H]1NC(=O)c1cn(CC2(C)COC2)nn1. The summed E-state index contributed by atoms with van der Waals surface area (Å²) in [5, 5.41) is 14.0. The third-order valence-corrected chi connectivity index (χ3v) is 5.11. The molecule has 2 aromatic heterocycles. The Hall–Kier alpha value is -2.75. The van der Waals surface area contributed by atoms with Crippen LogP contribution in [0.5, 0.6) is 0 Å². The lowest BCUT2D eigenvalue weighted by Gasteiger charge is -2.37. The molecule has 27 heavy (non-hydrogen) atoms. The Kier molecular flexibility index (Phi) is 4.42. The average Bonchev–Trinajstić information content (AvgIpc) is 3.24. The third kappa shape index (κ3) is 3.57. The quantitative estimate of drug-likeness (QED) is 0.750. The molecular formula is C17H23N7O3. The second kappa shape index (κ2) is 6.76. The number of hydrogen-bond acceptors (Lipinski definition) is 6. The van der Waals surface area contributed by atoms with Crippen LogP contribution in [0.2, 0.25) is 0 Å². The highest BCUT2D eigenvalue weighted by Gasteiger charge is 2.35. The summed E-state index contributed by atoms with van der Waals surface area (Å²) in [5.41, 5.74) is 1.15. The van der Waals surface area contributed by atoms with Crippen LogP contribution in [0, 0.1) is 5.41 Å². The van der Waals surface area contributed by atoms with Crippen LogP contribution in [0.1, 0.15) is 42.0 Å². The summed E-state index contributed by atoms with van der Waals surface area (Å²) in [6.45, 7) is 4.14. The molecule has 2 saturated heterocycles. The number of aromatic nitrogens is 5. The van der Waals surface area contributed by atoms with Gasteiger partial charge in [0.2, 0.25) is 5.91 Å². The fourth-order valence-electron chi connectivity index (χ4n) is 3.56. The largest absolute Gasteiger partial charge is 0.380 e. The molecule has 2 N–H and O–H groups in total. The van der Waals surface area contributed by atoms with Crippen molar-refractivity contribution in [2.75, 3.05) is 13.2 Å². The molecule has 2 atom stereocenters. The monoisotopic (exact) mass is 373 g/mol. The maximum absolute atomic E-state index is 12.7. The van der Waals surface area contributed by atoms with Crippen LogP contribution in [0.15, 0.2) is 18.7 Å². The van der Waals surface area contributed by atoms with E-state index in [9.17, 15) is 9.59 Å². The topological polar surface area (TPSA) is 116 Å². The zero-order valence-corrected chi connectivity index (χ0v) is 15.4. The van der Waals surface area contributed by atoms with E-state index in [2.05, 4.69) is 32.9 Å². The van der Waals surface area contributed by atoms with Crippen LogP contribution >= 0.6 is 0 Å². The van der Waals surface area contributed by atoms with Crippen LogP contribution in [-0.2, 0) is 23.1 Å². The van der Waals surface area contributed by atoms with Crippen LogP contribution in [0.25, 0.3) is 0 Å². The Bertz CT molecular complexity index is 854. The van der Waals surface area contributed by atoms with E-state index in [0.717, 1.165) is 5.69 Å². The van der Waals surface area contributed by atoms with E-state index in [1.165, 1.54) is 0 Å². The van der Waals surface area contributed by atoms with Crippen molar-refractivity contribution >= 4 is 11.8 Å². The van der Waals surface area contributed by atoms with Crippen molar-refractivity contribution in [3.63, 3.8) is 0 Å². The van der Waals surface area contributed by atoms with E-state index in [1.807, 2.05) is 11.6 Å². The Morgan fingerprint density at radius 3 is 2.96 bits per heavy atom. The zero-order valence-electron chi connectivity index (χ0n) is 15.4. The predicted octanol–water partition coefficient (Wildman–Crippen LogP) is -0.202. The average molecular weight is 373 g/mol. The van der Waals surface area contributed by atoms with Crippen LogP contribution in [0.4, 0.5) is 0 Å². The molecule has 0 radical (unpaired) electrons. The van der Waals surface area contributed by atoms with Gasteiger partial charge in [-0.1, -0.05) is 12.1 Å². The lowest BCUT2D eigenvalue weighted by atomic mass is 9.89. The van der Waals surface area contributed by atoms with Gasteiger partial charge in [0.05, 0.1) is 56.3 Å². The number of aryl methyl sites for hydroxylation is 1. The fraction of sp³-hybridized carbons (Fsp3) is 0.588. The number of hydrogen-bond donors (Lipinski definition) is 2. The van der Waals surface area contributed by atoms with E-state index < -0.39 is 0 Å². The maximum atomic E-state index is 12.7. The van der Waals surface area contributed by atoms with Crippen molar-refractivity contribution in [3.05, 3.63) is 30.1 Å². The lowest BCUT2D eigenvalue weighted by Crippen LogP contribution is -2.50. The van der Waals surface area contributed by atoms with Gasteiger partial charge in [0.25, 0.3) is 5.91 Å². The first kappa shape index (κ1) is 17.7. The van der Waals surface area contributed by atoms with Crippen molar-refractivity contribution in [1.29, 1.82) is 0 Å². The minimum absolute atomic E-state index is 0.0337. The Labute approximate surface area is 156 Å². The molecule has 10 heteroatoms. The van der Waals surface area contributed by atoms with Gasteiger partial charge in [-0.3, -0.25) is 14.3 Å². The predicted molar refractivity (Wildman–Crippen MR) is 93.5 cm³/mol. The molecule has 2 aliphatic heterocycles. The standard InChI is InChI=1S/C17H23N7O3/c1-17(8-27-9-17)7-24-6-12(21-22-24)16(26)19-11-3-4-14(25)20-15(11)13-5-18-10-23(13)2/h5-6,10-11,15H,3-4,7-9H2,1-2H3,(H,19,26)(H,20,25)/t11-,15-/m1/s1. The summed E-state index contributed by atoms with van der Waals surface area (Å²) in [6.07, 6.45) is 5.94. The van der Waals surface area contributed by atoms with Crippen molar-refractivity contribution in [1.82, 2.24) is 35.2 Å². The second-order valence-electron chi connectivity index (χ2n) is 7.70. The highest BCUT2D eigenvalue weighted by molar-refractivity contribution is 5.92. The van der Waals surface area contributed by atoms with Gasteiger partial charge in [0.1, 0.15) is 0 Å². The first-order valence-corrected chi connectivity index (χ1v) is 8.98. The molecule has 2 aliphatic rings. The molecule has 10 nitrogen and oxygen atoms in total. The van der Waals surface area contributed by atoms with Gasteiger partial charge in [0, 0.05) is 18.9 Å². The number of imidazole rings is 1. The number of rotatable bonds is 5. The molecule has 4 rings (SSSR count). The minimum atomic E-state index is -0.330. The van der Waals surface area contributed by atoms with E-state index in [0.29, 0.717) is 32.6 Å². The van der Waals surface area contributed by atoms with Gasteiger partial charge in [0.15, 0.2) is 5.69 Å². The Balaban J connectivity index is 1.45. The number of carbonyl (C=O) groups is 2. The maximum Gasteiger partial charge on any atom is 0.273 e. The van der Waals surface area contributed by atoms with Gasteiger partial charge < -0.3 is 19.9 Å². The zero-order chi connectivity index (χ0) is 19.0. The number of carbonyl (C=O) groups excluding carboxylic acids is 2. The van der Waals surface area contributed by atoms with Gasteiger partial charge in [-0.05, 0) is 6.42 Å². The third-order valence-electron chi connectivity index (χ3n) is 5.11. The Morgan fingerprint density at radius 2 is 2.30 bits per heavy atom. The van der Waals surface area contributed by atoms with Gasteiger partial charge in [-0.15, -0.1) is 5.10 Å². The molecule has 0 spiro atoms. The molecule has 4 heterocycles. The summed E-state index contributed by atoms with van der Waals surface area (Å²) in [6, 6.07) is -0.572. The van der Waals surface area contributed by atoms with Crippen molar-refractivity contribution in [3.8, 4) is 0 Å². The van der Waals surface area contributed by atoms with Gasteiger partial charge in [-0.2, -0.15) is 0 Å². The van der Waals surface area contributed by atoms with E-state index in [4.69, 9.17) is 4.74 Å². The molecule has 0 bridgehead atoms. The number of ether oxygens (including phenoxy) is 1. The smallest absolute Gasteiger partial charge is 0.273 e. The fourth-order valence-corrected chi connectivity index (χ4v) is 3.56. The van der Waals surface area contributed by atoms with Crippen molar-refractivity contribution < 1.29 is 14.3 Å². The second-order valence-corrected chi connectivity index (χ2v) is 7.70. The van der Waals surface area contributed by atoms with Crippen LogP contribution in [-0.4, -0.2) is 55.6 Å². The van der Waals surface area contributed by atoms with Crippen LogP contribution < -0.4 is 10.6 Å². The first-order valence-electron chi connectivity index (χ1n) is 8.98. The number of piperidine rings is 1. The molecule has 0 aliphatic carbocycles. The molecule has 0 saturated carbocycles. The first-order chi connectivity index (χ1) is 12.9. The van der Waals surface area contributed by atoms with Crippen LogP contribution in [0.3, 0.4) is 0 Å². The molecule has 0 unspecified atom stereocenters. The summed E-state index contributed by atoms with van der Waals surface area (Å²) < 4.78 is 8.77. The normalized spacial score (nSPS) is 24.1. The van der Waals surface area contributed by atoms with Crippen molar-refractivity contribution in [2.24, 2.45) is 12.5 Å². The minimum Gasteiger partial charge on any atom is -0.380 e. The van der Waals surface area contributed by atoms with E-state index in [-0.39, 0.29) is 35.0 Å². The molecule has 144 valence electrons. The molecule has 2 aromatic rings. The van der Waals surface area contributed by atoms with E-state index in [1.54, 1.807) is 23.4 Å². The summed E-state index contributed by atoms with van der Waals surface area (Å²) in [5.74, 6) is -0.335. The number of nitrogens with zero attached hydrogens (tertiary/aromatic N) is 5. The highest BCUT2D eigenvalue weighted by Crippen LogP contribution is 2.28. The van der Waals surface area contributed by atoms with Gasteiger partial charge in [-0.25, -0.2) is 4.98 Å². The summed E-state index contributed by atoms with van der Waals surface area (Å²) >= 11 is 0. The molecule has 2 amide bonds. The molecular weight excluding hydrogens is 350 g/mol. The van der Waals surface area contributed by atoms with E-state index >= 15 is 0 Å². The molecule has 0 aromatic carbocycles. The van der Waals surface area contributed by atoms with Gasteiger partial charge >= 0.3 is 0 Å².